The highest BCUT2D eigenvalue weighted by atomic mass is 16.3. The van der Waals surface area contributed by atoms with Crippen LogP contribution in [0.3, 0.4) is 0 Å². The first-order chi connectivity index (χ1) is 6.63. The molecule has 84 valence electrons. The number of aliphatic hydroxyl groups is 1. The molecule has 0 spiro atoms. The van der Waals surface area contributed by atoms with Crippen LogP contribution >= 0.6 is 0 Å². The summed E-state index contributed by atoms with van der Waals surface area (Å²) >= 11 is 0. The Kier molecular flexibility index (Phi) is 4.90. The maximum absolute atomic E-state index is 9.70. The van der Waals surface area contributed by atoms with Gasteiger partial charge in [-0.05, 0) is 37.5 Å². The van der Waals surface area contributed by atoms with Crippen molar-refractivity contribution in [2.45, 2.75) is 58.6 Å². The molecule has 2 heteroatoms. The van der Waals surface area contributed by atoms with Gasteiger partial charge in [0.15, 0.2) is 0 Å². The van der Waals surface area contributed by atoms with Crippen LogP contribution in [-0.2, 0) is 0 Å². The standard InChI is InChI=1S/C12H25NO/c1-4-12(10-5-6-10)13-8-11(14)7-9(2)3/h9-14H,4-8H2,1-3H3. The maximum atomic E-state index is 9.70. The Morgan fingerprint density at radius 3 is 2.43 bits per heavy atom. The van der Waals surface area contributed by atoms with Crippen LogP contribution in [0.2, 0.25) is 0 Å². The van der Waals surface area contributed by atoms with Crippen LogP contribution in [0.4, 0.5) is 0 Å². The van der Waals surface area contributed by atoms with Gasteiger partial charge in [0.05, 0.1) is 6.10 Å². The van der Waals surface area contributed by atoms with Crippen molar-refractivity contribution in [3.8, 4) is 0 Å². The topological polar surface area (TPSA) is 32.3 Å². The third-order valence-corrected chi connectivity index (χ3v) is 2.99. The first kappa shape index (κ1) is 12.0. The molecule has 1 rings (SSSR count). The van der Waals surface area contributed by atoms with E-state index in [4.69, 9.17) is 0 Å². The Morgan fingerprint density at radius 1 is 1.36 bits per heavy atom. The summed E-state index contributed by atoms with van der Waals surface area (Å²) in [5, 5.41) is 13.2. The molecule has 0 aromatic rings. The van der Waals surface area contributed by atoms with Crippen LogP contribution in [0.15, 0.2) is 0 Å². The van der Waals surface area contributed by atoms with Crippen molar-refractivity contribution < 1.29 is 5.11 Å². The Balaban J connectivity index is 2.10. The van der Waals surface area contributed by atoms with Crippen molar-refractivity contribution in [3.05, 3.63) is 0 Å². The third-order valence-electron chi connectivity index (χ3n) is 2.99. The summed E-state index contributed by atoms with van der Waals surface area (Å²) in [6.45, 7) is 7.31. The van der Waals surface area contributed by atoms with E-state index in [2.05, 4.69) is 26.1 Å². The minimum absolute atomic E-state index is 0.164. The van der Waals surface area contributed by atoms with Gasteiger partial charge in [0.2, 0.25) is 0 Å². The van der Waals surface area contributed by atoms with Gasteiger partial charge in [-0.1, -0.05) is 20.8 Å². The summed E-state index contributed by atoms with van der Waals surface area (Å²) in [6.07, 6.45) is 4.70. The molecule has 0 aromatic carbocycles. The summed E-state index contributed by atoms with van der Waals surface area (Å²) in [5.41, 5.74) is 0. The average molecular weight is 199 g/mol. The molecule has 0 aliphatic heterocycles. The zero-order valence-corrected chi connectivity index (χ0v) is 9.79. The molecule has 2 nitrogen and oxygen atoms in total. The van der Waals surface area contributed by atoms with Gasteiger partial charge in [0.25, 0.3) is 0 Å². The SMILES string of the molecule is CCC(NCC(O)CC(C)C)C1CC1. The van der Waals surface area contributed by atoms with E-state index in [-0.39, 0.29) is 6.10 Å². The van der Waals surface area contributed by atoms with Crippen molar-refractivity contribution in [2.75, 3.05) is 6.54 Å². The molecule has 2 unspecified atom stereocenters. The van der Waals surface area contributed by atoms with Crippen molar-refractivity contribution >= 4 is 0 Å². The number of hydrogen-bond donors (Lipinski definition) is 2. The highest BCUT2D eigenvalue weighted by molar-refractivity contribution is 4.85. The molecule has 1 aliphatic carbocycles. The maximum Gasteiger partial charge on any atom is 0.0667 e. The fraction of sp³-hybridized carbons (Fsp3) is 1.00. The number of rotatable bonds is 7. The second-order valence-corrected chi connectivity index (χ2v) is 5.04. The largest absolute Gasteiger partial charge is 0.392 e. The zero-order valence-electron chi connectivity index (χ0n) is 9.79. The Bertz CT molecular complexity index is 154. The van der Waals surface area contributed by atoms with Gasteiger partial charge in [0.1, 0.15) is 0 Å². The van der Waals surface area contributed by atoms with Crippen LogP contribution in [0.25, 0.3) is 0 Å². The Hall–Kier alpha value is -0.0800. The monoisotopic (exact) mass is 199 g/mol. The molecule has 0 saturated heterocycles. The van der Waals surface area contributed by atoms with E-state index in [1.165, 1.54) is 19.3 Å². The minimum atomic E-state index is -0.164. The second-order valence-electron chi connectivity index (χ2n) is 5.04. The lowest BCUT2D eigenvalue weighted by Gasteiger charge is -2.19. The Morgan fingerprint density at radius 2 is 2.00 bits per heavy atom. The molecule has 0 heterocycles. The van der Waals surface area contributed by atoms with E-state index in [0.717, 1.165) is 18.9 Å². The van der Waals surface area contributed by atoms with Crippen LogP contribution < -0.4 is 5.32 Å². The van der Waals surface area contributed by atoms with E-state index in [1.807, 2.05) is 0 Å². The molecule has 1 saturated carbocycles. The van der Waals surface area contributed by atoms with E-state index >= 15 is 0 Å². The van der Waals surface area contributed by atoms with Gasteiger partial charge in [-0.15, -0.1) is 0 Å². The molecule has 0 amide bonds. The quantitative estimate of drug-likeness (QED) is 0.658. The molecule has 1 aliphatic rings. The van der Waals surface area contributed by atoms with E-state index < -0.39 is 0 Å². The lowest BCUT2D eigenvalue weighted by atomic mass is 10.0. The average Bonchev–Trinajstić information content (AvgIpc) is 2.87. The molecule has 2 atom stereocenters. The third kappa shape index (κ3) is 4.43. The van der Waals surface area contributed by atoms with Gasteiger partial charge in [0, 0.05) is 12.6 Å². The van der Waals surface area contributed by atoms with Crippen molar-refractivity contribution in [1.29, 1.82) is 0 Å². The molecular weight excluding hydrogens is 174 g/mol. The van der Waals surface area contributed by atoms with Crippen LogP contribution in [-0.4, -0.2) is 23.8 Å². The van der Waals surface area contributed by atoms with Crippen molar-refractivity contribution in [3.63, 3.8) is 0 Å². The molecule has 1 fully saturated rings. The minimum Gasteiger partial charge on any atom is -0.392 e. The van der Waals surface area contributed by atoms with Crippen molar-refractivity contribution in [1.82, 2.24) is 5.32 Å². The van der Waals surface area contributed by atoms with E-state index in [0.29, 0.717) is 12.0 Å². The van der Waals surface area contributed by atoms with E-state index in [1.54, 1.807) is 0 Å². The predicted molar refractivity (Wildman–Crippen MR) is 60.3 cm³/mol. The first-order valence-corrected chi connectivity index (χ1v) is 6.05. The highest BCUT2D eigenvalue weighted by Crippen LogP contribution is 2.33. The van der Waals surface area contributed by atoms with Crippen LogP contribution in [0.1, 0.15) is 46.5 Å². The summed E-state index contributed by atoms with van der Waals surface area (Å²) in [5.74, 6) is 1.49. The fourth-order valence-corrected chi connectivity index (χ4v) is 2.06. The lowest BCUT2D eigenvalue weighted by Crippen LogP contribution is -2.37. The van der Waals surface area contributed by atoms with Gasteiger partial charge in [-0.2, -0.15) is 0 Å². The number of nitrogens with one attached hydrogen (secondary N) is 1. The Labute approximate surface area is 88.1 Å². The van der Waals surface area contributed by atoms with Crippen molar-refractivity contribution in [2.24, 2.45) is 11.8 Å². The molecule has 2 N–H and O–H groups in total. The van der Waals surface area contributed by atoms with E-state index in [9.17, 15) is 5.11 Å². The smallest absolute Gasteiger partial charge is 0.0667 e. The number of hydrogen-bond acceptors (Lipinski definition) is 2. The zero-order chi connectivity index (χ0) is 10.6. The van der Waals surface area contributed by atoms with Gasteiger partial charge >= 0.3 is 0 Å². The highest BCUT2D eigenvalue weighted by Gasteiger charge is 2.29. The van der Waals surface area contributed by atoms with Gasteiger partial charge < -0.3 is 10.4 Å². The summed E-state index contributed by atoms with van der Waals surface area (Å²) in [6, 6.07) is 0.650. The first-order valence-electron chi connectivity index (χ1n) is 6.05. The lowest BCUT2D eigenvalue weighted by molar-refractivity contribution is 0.140. The molecular formula is C12H25NO. The second kappa shape index (κ2) is 5.72. The molecule has 0 bridgehead atoms. The van der Waals surface area contributed by atoms with Gasteiger partial charge in [-0.25, -0.2) is 0 Å². The van der Waals surface area contributed by atoms with Gasteiger partial charge in [-0.3, -0.25) is 0 Å². The summed E-state index contributed by atoms with van der Waals surface area (Å²) in [4.78, 5) is 0. The predicted octanol–water partition coefficient (Wildman–Crippen LogP) is 2.17. The van der Waals surface area contributed by atoms with Crippen LogP contribution in [0, 0.1) is 11.8 Å². The number of aliphatic hydroxyl groups excluding tert-OH is 1. The molecule has 0 radical (unpaired) electrons. The molecule has 14 heavy (non-hydrogen) atoms. The normalized spacial score (nSPS) is 21.2. The molecule has 0 aromatic heterocycles. The van der Waals surface area contributed by atoms with Crippen LogP contribution in [0.5, 0.6) is 0 Å². The summed E-state index contributed by atoms with van der Waals surface area (Å²) in [7, 11) is 0. The summed E-state index contributed by atoms with van der Waals surface area (Å²) < 4.78 is 0. The fourth-order valence-electron chi connectivity index (χ4n) is 2.06.